The third-order valence-electron chi connectivity index (χ3n) is 3.47. The lowest BCUT2D eigenvalue weighted by atomic mass is 10.1. The van der Waals surface area contributed by atoms with E-state index in [0.717, 1.165) is 15.2 Å². The average Bonchev–Trinajstić information content (AvgIpc) is 2.61. The molecule has 0 atom stereocenters. The van der Waals surface area contributed by atoms with Gasteiger partial charge in [0.1, 0.15) is 11.5 Å². The molecule has 0 aliphatic rings. The van der Waals surface area contributed by atoms with Crippen LogP contribution < -0.4 is 10.2 Å². The van der Waals surface area contributed by atoms with Gasteiger partial charge in [-0.3, -0.25) is 4.79 Å². The maximum absolute atomic E-state index is 11.8. The monoisotopic (exact) mass is 398 g/mol. The second-order valence-electron chi connectivity index (χ2n) is 5.29. The van der Waals surface area contributed by atoms with Crippen LogP contribution in [0.1, 0.15) is 5.56 Å². The van der Waals surface area contributed by atoms with Crippen molar-refractivity contribution >= 4 is 38.8 Å². The van der Waals surface area contributed by atoms with Gasteiger partial charge in [0.05, 0.1) is 6.21 Å². The van der Waals surface area contributed by atoms with Crippen molar-refractivity contribution in [2.24, 2.45) is 5.10 Å². The Morgan fingerprint density at radius 3 is 2.72 bits per heavy atom. The molecule has 0 saturated carbocycles. The van der Waals surface area contributed by atoms with Crippen LogP contribution in [0.15, 0.2) is 70.2 Å². The van der Waals surface area contributed by atoms with E-state index in [1.807, 2.05) is 36.4 Å². The summed E-state index contributed by atoms with van der Waals surface area (Å²) < 4.78 is 6.50. The molecule has 5 nitrogen and oxygen atoms in total. The molecule has 3 rings (SSSR count). The van der Waals surface area contributed by atoms with Gasteiger partial charge in [0, 0.05) is 10.0 Å². The summed E-state index contributed by atoms with van der Waals surface area (Å²) in [6, 6.07) is 18.3. The Bertz CT molecular complexity index is 941. The van der Waals surface area contributed by atoms with Crippen LogP contribution in [0.2, 0.25) is 0 Å². The predicted molar refractivity (Wildman–Crippen MR) is 101 cm³/mol. The highest BCUT2D eigenvalue weighted by Crippen LogP contribution is 2.24. The number of para-hydroxylation sites is 1. The highest BCUT2D eigenvalue weighted by atomic mass is 79.9. The first-order chi connectivity index (χ1) is 12.1. The van der Waals surface area contributed by atoms with Gasteiger partial charge in [0.15, 0.2) is 6.61 Å². The zero-order valence-corrected chi connectivity index (χ0v) is 14.7. The second kappa shape index (κ2) is 7.81. The van der Waals surface area contributed by atoms with Crippen LogP contribution >= 0.6 is 15.9 Å². The van der Waals surface area contributed by atoms with E-state index in [1.165, 1.54) is 6.21 Å². The molecule has 126 valence electrons. The molecule has 6 heteroatoms. The highest BCUT2D eigenvalue weighted by molar-refractivity contribution is 9.10. The van der Waals surface area contributed by atoms with Crippen molar-refractivity contribution in [2.45, 2.75) is 0 Å². The Balaban J connectivity index is 1.55. The first-order valence-electron chi connectivity index (χ1n) is 7.54. The lowest BCUT2D eigenvalue weighted by molar-refractivity contribution is -0.123. The summed E-state index contributed by atoms with van der Waals surface area (Å²) in [7, 11) is 0. The third-order valence-corrected chi connectivity index (χ3v) is 3.97. The highest BCUT2D eigenvalue weighted by Gasteiger charge is 2.03. The Morgan fingerprint density at radius 2 is 1.88 bits per heavy atom. The van der Waals surface area contributed by atoms with Crippen LogP contribution in [0.3, 0.4) is 0 Å². The first kappa shape index (κ1) is 17.0. The molecule has 0 aromatic heterocycles. The smallest absolute Gasteiger partial charge is 0.277 e. The maximum atomic E-state index is 11.8. The number of phenolic OH excluding ortho intramolecular Hbond substituents is 1. The molecule has 2 N–H and O–H groups in total. The number of ether oxygens (including phenoxy) is 1. The molecule has 3 aromatic rings. The predicted octanol–water partition coefficient (Wildman–Crippen LogP) is 3.84. The lowest BCUT2D eigenvalue weighted by Gasteiger charge is -2.06. The zero-order valence-electron chi connectivity index (χ0n) is 13.1. The van der Waals surface area contributed by atoms with Crippen LogP contribution in [0.5, 0.6) is 11.5 Å². The molecule has 0 unspecified atom stereocenters. The van der Waals surface area contributed by atoms with E-state index in [-0.39, 0.29) is 18.3 Å². The molecule has 0 aliphatic carbocycles. The summed E-state index contributed by atoms with van der Waals surface area (Å²) in [4.78, 5) is 11.8. The number of carbonyl (C=O) groups excluding carboxylic acids is 1. The van der Waals surface area contributed by atoms with Crippen LogP contribution in [0.25, 0.3) is 10.8 Å². The molecule has 0 bridgehead atoms. The minimum absolute atomic E-state index is 0.0968. The van der Waals surface area contributed by atoms with E-state index >= 15 is 0 Å². The number of phenols is 1. The Hall–Kier alpha value is -2.86. The number of hydrazone groups is 1. The summed E-state index contributed by atoms with van der Waals surface area (Å²) in [5.41, 5.74) is 2.88. The molecule has 0 aliphatic heterocycles. The van der Waals surface area contributed by atoms with Gasteiger partial charge in [-0.15, -0.1) is 0 Å². The van der Waals surface area contributed by atoms with Crippen LogP contribution in [-0.4, -0.2) is 23.8 Å². The quantitative estimate of drug-likeness (QED) is 0.506. The van der Waals surface area contributed by atoms with Gasteiger partial charge in [-0.1, -0.05) is 40.2 Å². The third kappa shape index (κ3) is 4.58. The van der Waals surface area contributed by atoms with E-state index in [4.69, 9.17) is 4.74 Å². The maximum Gasteiger partial charge on any atom is 0.277 e. The minimum atomic E-state index is -0.387. The van der Waals surface area contributed by atoms with Crippen molar-refractivity contribution in [3.63, 3.8) is 0 Å². The number of halogens is 1. The molecule has 25 heavy (non-hydrogen) atoms. The number of amides is 1. The second-order valence-corrected chi connectivity index (χ2v) is 6.21. The van der Waals surface area contributed by atoms with Crippen LogP contribution in [-0.2, 0) is 4.79 Å². The van der Waals surface area contributed by atoms with Crippen molar-refractivity contribution in [3.05, 3.63) is 70.7 Å². The van der Waals surface area contributed by atoms with E-state index < -0.39 is 0 Å². The van der Waals surface area contributed by atoms with Crippen LogP contribution in [0.4, 0.5) is 0 Å². The van der Waals surface area contributed by atoms with Gasteiger partial charge in [-0.05, 0) is 47.2 Å². The number of rotatable bonds is 5. The van der Waals surface area contributed by atoms with Crippen molar-refractivity contribution in [3.8, 4) is 11.5 Å². The van der Waals surface area contributed by atoms with Crippen LogP contribution in [0, 0.1) is 0 Å². The van der Waals surface area contributed by atoms with Gasteiger partial charge in [0.2, 0.25) is 0 Å². The van der Waals surface area contributed by atoms with Crippen molar-refractivity contribution in [1.82, 2.24) is 5.43 Å². The number of hydrogen-bond donors (Lipinski definition) is 2. The molecular weight excluding hydrogens is 384 g/mol. The lowest BCUT2D eigenvalue weighted by Crippen LogP contribution is -2.24. The van der Waals surface area contributed by atoms with Gasteiger partial charge in [-0.2, -0.15) is 5.10 Å². The van der Waals surface area contributed by atoms with Gasteiger partial charge >= 0.3 is 0 Å². The zero-order chi connectivity index (χ0) is 17.6. The summed E-state index contributed by atoms with van der Waals surface area (Å²) in [5.74, 6) is 0.316. The van der Waals surface area contributed by atoms with E-state index in [1.54, 1.807) is 24.3 Å². The molecule has 1 amide bonds. The number of nitrogens with zero attached hydrogens (tertiary/aromatic N) is 1. The number of carbonyl (C=O) groups is 1. The molecule has 0 fully saturated rings. The fraction of sp³-hybridized carbons (Fsp3) is 0.0526. The summed E-state index contributed by atoms with van der Waals surface area (Å²) in [5, 5.41) is 15.5. The van der Waals surface area contributed by atoms with Crippen molar-refractivity contribution in [1.29, 1.82) is 0 Å². The number of nitrogens with one attached hydrogen (secondary N) is 1. The summed E-state index contributed by atoms with van der Waals surface area (Å²) >= 11 is 3.43. The molecule has 0 saturated heterocycles. The number of hydrogen-bond acceptors (Lipinski definition) is 4. The number of benzene rings is 3. The Kier molecular flexibility index (Phi) is 5.30. The fourth-order valence-corrected chi connectivity index (χ4v) is 2.61. The average molecular weight is 399 g/mol. The van der Waals surface area contributed by atoms with E-state index in [2.05, 4.69) is 26.5 Å². The number of aromatic hydroxyl groups is 1. The van der Waals surface area contributed by atoms with Gasteiger partial charge < -0.3 is 9.84 Å². The first-order valence-corrected chi connectivity index (χ1v) is 8.33. The van der Waals surface area contributed by atoms with Gasteiger partial charge in [-0.25, -0.2) is 5.43 Å². The molecule has 3 aromatic carbocycles. The van der Waals surface area contributed by atoms with E-state index in [0.29, 0.717) is 11.3 Å². The molecule has 0 radical (unpaired) electrons. The summed E-state index contributed by atoms with van der Waals surface area (Å²) in [6.45, 7) is -0.153. The molecule has 0 heterocycles. The van der Waals surface area contributed by atoms with Gasteiger partial charge in [0.25, 0.3) is 5.91 Å². The Labute approximate surface area is 153 Å². The standard InChI is InChI=1S/C19H15BrN2O3/c20-16-7-5-14-10-17(8-6-13(14)9-16)25-12-19(24)22-21-11-15-3-1-2-4-18(15)23/h1-11,23H,12H2,(H,22,24)/b21-11+. The van der Waals surface area contributed by atoms with Crippen molar-refractivity contribution in [2.75, 3.05) is 6.61 Å². The molecule has 0 spiro atoms. The Morgan fingerprint density at radius 1 is 1.12 bits per heavy atom. The largest absolute Gasteiger partial charge is 0.507 e. The minimum Gasteiger partial charge on any atom is -0.507 e. The topological polar surface area (TPSA) is 70.9 Å². The number of fused-ring (bicyclic) bond motifs is 1. The van der Waals surface area contributed by atoms with Crippen molar-refractivity contribution < 1.29 is 14.6 Å². The fourth-order valence-electron chi connectivity index (χ4n) is 2.24. The summed E-state index contributed by atoms with van der Waals surface area (Å²) in [6.07, 6.45) is 1.38. The SMILES string of the molecule is O=C(COc1ccc2cc(Br)ccc2c1)N/N=C/c1ccccc1O. The molecular formula is C19H15BrN2O3. The van der Waals surface area contributed by atoms with E-state index in [9.17, 15) is 9.90 Å². The normalized spacial score (nSPS) is 10.9.